The number of para-hydroxylation sites is 1. The number of rotatable bonds is 9. The number of carbonyl (C=O) groups excluding carboxylic acids is 2. The molecule has 3 atom stereocenters. The molecular weight excluding hydrogens is 458 g/mol. The van der Waals surface area contributed by atoms with Crippen LogP contribution in [0.1, 0.15) is 38.2 Å². The van der Waals surface area contributed by atoms with E-state index in [9.17, 15) is 19.5 Å². The third kappa shape index (κ3) is 6.51. The van der Waals surface area contributed by atoms with Gasteiger partial charge in [-0.3, -0.25) is 25.2 Å². The molecule has 0 saturated heterocycles. The van der Waals surface area contributed by atoms with Crippen molar-refractivity contribution in [3.05, 3.63) is 65.7 Å². The first-order valence-corrected chi connectivity index (χ1v) is 11.4. The standard InChI is InChI=1S/C25H28ClN3O5/c1-15(28-29-23(30)16(2)34-22-13-6-5-12-21(22)26)17-8-7-9-18(14-17)27-24(31)19-10-3-4-11-20(19)25(32)33/h5-9,12-14,16,19-20,28H,1,3-4,10-11H2,2H3,(H,27,31)(H,29,30)(H,32,33). The minimum atomic E-state index is -0.935. The third-order valence-electron chi connectivity index (χ3n) is 5.74. The monoisotopic (exact) mass is 485 g/mol. The molecule has 34 heavy (non-hydrogen) atoms. The van der Waals surface area contributed by atoms with Crippen molar-refractivity contribution in [1.29, 1.82) is 0 Å². The van der Waals surface area contributed by atoms with Gasteiger partial charge in [-0.2, -0.15) is 0 Å². The van der Waals surface area contributed by atoms with Crippen LogP contribution in [0.15, 0.2) is 55.1 Å². The number of aliphatic carboxylic acids is 1. The Bertz CT molecular complexity index is 1070. The quantitative estimate of drug-likeness (QED) is 0.395. The number of ether oxygens (including phenoxy) is 1. The average molecular weight is 486 g/mol. The van der Waals surface area contributed by atoms with Crippen LogP contribution in [-0.4, -0.2) is 29.0 Å². The van der Waals surface area contributed by atoms with Crippen molar-refractivity contribution in [1.82, 2.24) is 10.9 Å². The first-order chi connectivity index (χ1) is 16.3. The summed E-state index contributed by atoms with van der Waals surface area (Å²) >= 11 is 6.06. The zero-order valence-electron chi connectivity index (χ0n) is 18.8. The van der Waals surface area contributed by atoms with E-state index in [0.717, 1.165) is 12.8 Å². The molecule has 4 N–H and O–H groups in total. The lowest BCUT2D eigenvalue weighted by Crippen LogP contribution is -2.43. The second kappa shape index (κ2) is 11.6. The van der Waals surface area contributed by atoms with Crippen LogP contribution in [0.3, 0.4) is 0 Å². The Labute approximate surface area is 203 Å². The molecule has 2 aromatic rings. The van der Waals surface area contributed by atoms with E-state index in [2.05, 4.69) is 22.7 Å². The Kier molecular flexibility index (Phi) is 8.54. The third-order valence-corrected chi connectivity index (χ3v) is 6.06. The molecule has 2 aromatic carbocycles. The van der Waals surface area contributed by atoms with E-state index in [0.29, 0.717) is 40.6 Å². The number of carboxylic acid groups (broad SMARTS) is 1. The predicted octanol–water partition coefficient (Wildman–Crippen LogP) is 4.23. The summed E-state index contributed by atoms with van der Waals surface area (Å²) in [5.41, 5.74) is 6.84. The number of amides is 2. The van der Waals surface area contributed by atoms with Crippen LogP contribution >= 0.6 is 11.6 Å². The van der Waals surface area contributed by atoms with Crippen molar-refractivity contribution in [3.63, 3.8) is 0 Å². The Morgan fingerprint density at radius 3 is 2.47 bits per heavy atom. The molecule has 3 unspecified atom stereocenters. The van der Waals surface area contributed by atoms with Gasteiger partial charge in [0.05, 0.1) is 22.6 Å². The molecule has 8 nitrogen and oxygen atoms in total. The Balaban J connectivity index is 1.56. The van der Waals surface area contributed by atoms with Crippen LogP contribution in [-0.2, 0) is 14.4 Å². The molecule has 0 radical (unpaired) electrons. The normalized spacial score (nSPS) is 18.3. The molecule has 0 bridgehead atoms. The number of halogens is 1. The molecule has 3 rings (SSSR count). The van der Waals surface area contributed by atoms with E-state index in [4.69, 9.17) is 16.3 Å². The smallest absolute Gasteiger partial charge is 0.307 e. The second-order valence-electron chi connectivity index (χ2n) is 8.19. The van der Waals surface area contributed by atoms with Gasteiger partial charge in [0.1, 0.15) is 5.75 Å². The lowest BCUT2D eigenvalue weighted by atomic mass is 9.78. The maximum atomic E-state index is 12.7. The highest BCUT2D eigenvalue weighted by Gasteiger charge is 2.35. The molecule has 0 spiro atoms. The predicted molar refractivity (Wildman–Crippen MR) is 130 cm³/mol. The van der Waals surface area contributed by atoms with Gasteiger partial charge in [-0.25, -0.2) is 0 Å². The van der Waals surface area contributed by atoms with Gasteiger partial charge in [0, 0.05) is 11.3 Å². The van der Waals surface area contributed by atoms with Crippen LogP contribution < -0.4 is 20.9 Å². The largest absolute Gasteiger partial charge is 0.481 e. The Morgan fingerprint density at radius 2 is 1.76 bits per heavy atom. The molecule has 0 heterocycles. The van der Waals surface area contributed by atoms with E-state index >= 15 is 0 Å². The van der Waals surface area contributed by atoms with Crippen molar-refractivity contribution in [2.45, 2.75) is 38.7 Å². The van der Waals surface area contributed by atoms with Crippen LogP contribution in [0, 0.1) is 11.8 Å². The first-order valence-electron chi connectivity index (χ1n) is 11.1. The molecule has 1 saturated carbocycles. The van der Waals surface area contributed by atoms with Crippen molar-refractivity contribution in [2.24, 2.45) is 11.8 Å². The molecule has 0 aromatic heterocycles. The van der Waals surface area contributed by atoms with Crippen molar-refractivity contribution in [3.8, 4) is 5.75 Å². The van der Waals surface area contributed by atoms with Crippen LogP contribution in [0.5, 0.6) is 5.75 Å². The molecule has 1 aliphatic rings. The summed E-state index contributed by atoms with van der Waals surface area (Å²) in [6.45, 7) is 5.51. The zero-order chi connectivity index (χ0) is 24.7. The molecule has 0 aliphatic heterocycles. The molecule has 180 valence electrons. The van der Waals surface area contributed by atoms with E-state index < -0.39 is 29.8 Å². The summed E-state index contributed by atoms with van der Waals surface area (Å²) < 4.78 is 5.59. The lowest BCUT2D eigenvalue weighted by Gasteiger charge is -2.27. The van der Waals surface area contributed by atoms with Crippen molar-refractivity contribution < 1.29 is 24.2 Å². The fraction of sp³-hybridized carbons (Fsp3) is 0.320. The maximum absolute atomic E-state index is 12.7. The first kappa shape index (κ1) is 25.1. The van der Waals surface area contributed by atoms with Crippen molar-refractivity contribution >= 4 is 40.8 Å². The summed E-state index contributed by atoms with van der Waals surface area (Å²) in [6, 6.07) is 13.8. The van der Waals surface area contributed by atoms with Gasteiger partial charge < -0.3 is 15.2 Å². The van der Waals surface area contributed by atoms with E-state index in [1.165, 1.54) is 0 Å². The van der Waals surface area contributed by atoms with Crippen LogP contribution in [0.2, 0.25) is 5.02 Å². The van der Waals surface area contributed by atoms with Crippen LogP contribution in [0.25, 0.3) is 5.70 Å². The van der Waals surface area contributed by atoms with Gasteiger partial charge in [0.25, 0.3) is 5.91 Å². The topological polar surface area (TPSA) is 117 Å². The average Bonchev–Trinajstić information content (AvgIpc) is 2.83. The Morgan fingerprint density at radius 1 is 1.06 bits per heavy atom. The van der Waals surface area contributed by atoms with E-state index in [-0.39, 0.29) is 5.91 Å². The SMILES string of the molecule is C=C(NNC(=O)C(C)Oc1ccccc1Cl)c1cccc(NC(=O)C2CCCCC2C(=O)O)c1. The highest BCUT2D eigenvalue weighted by molar-refractivity contribution is 6.32. The van der Waals surface area contributed by atoms with Crippen molar-refractivity contribution in [2.75, 3.05) is 5.32 Å². The van der Waals surface area contributed by atoms with Gasteiger partial charge >= 0.3 is 5.97 Å². The van der Waals surface area contributed by atoms with Gasteiger partial charge in [0.15, 0.2) is 6.10 Å². The Hall–Kier alpha value is -3.52. The molecule has 1 aliphatic carbocycles. The minimum Gasteiger partial charge on any atom is -0.481 e. The second-order valence-corrected chi connectivity index (χ2v) is 8.60. The summed E-state index contributed by atoms with van der Waals surface area (Å²) in [5, 5.41) is 12.7. The minimum absolute atomic E-state index is 0.304. The lowest BCUT2D eigenvalue weighted by molar-refractivity contribution is -0.147. The number of carbonyl (C=O) groups is 3. The summed E-state index contributed by atoms with van der Waals surface area (Å²) in [5.74, 6) is -2.50. The highest BCUT2D eigenvalue weighted by Crippen LogP contribution is 2.31. The van der Waals surface area contributed by atoms with Gasteiger partial charge in [-0.05, 0) is 44.0 Å². The zero-order valence-corrected chi connectivity index (χ0v) is 19.6. The number of anilines is 1. The number of hydrogen-bond donors (Lipinski definition) is 4. The highest BCUT2D eigenvalue weighted by atomic mass is 35.5. The van der Waals surface area contributed by atoms with Crippen LogP contribution in [0.4, 0.5) is 5.69 Å². The summed E-state index contributed by atoms with van der Waals surface area (Å²) in [7, 11) is 0. The fourth-order valence-corrected chi connectivity index (χ4v) is 4.04. The maximum Gasteiger partial charge on any atom is 0.307 e. The summed E-state index contributed by atoms with van der Waals surface area (Å²) in [4.78, 5) is 36.6. The fourth-order valence-electron chi connectivity index (χ4n) is 3.86. The van der Waals surface area contributed by atoms with Gasteiger partial charge in [0.2, 0.25) is 5.91 Å². The molecule has 1 fully saturated rings. The number of carboxylic acids is 1. The molecular formula is C25H28ClN3O5. The number of hydrogen-bond acceptors (Lipinski definition) is 5. The molecule has 2 amide bonds. The van der Waals surface area contributed by atoms with Gasteiger partial charge in [-0.15, -0.1) is 0 Å². The number of hydrazine groups is 1. The number of benzene rings is 2. The van der Waals surface area contributed by atoms with E-state index in [1.54, 1.807) is 55.5 Å². The summed E-state index contributed by atoms with van der Waals surface area (Å²) in [6.07, 6.45) is 1.89. The van der Waals surface area contributed by atoms with E-state index in [1.807, 2.05) is 0 Å². The van der Waals surface area contributed by atoms with Gasteiger partial charge in [-0.1, -0.05) is 55.3 Å². The number of nitrogens with one attached hydrogen (secondary N) is 3. The molecule has 9 heteroatoms.